The highest BCUT2D eigenvalue weighted by atomic mass is 32.2. The minimum Gasteiger partial charge on any atom is -0.455 e. The molecule has 0 atom stereocenters. The zero-order valence-corrected chi connectivity index (χ0v) is 22.6. The smallest absolute Gasteiger partial charge is 0.309 e. The lowest BCUT2D eigenvalue weighted by Gasteiger charge is -2.29. The van der Waals surface area contributed by atoms with Crippen molar-refractivity contribution in [3.05, 3.63) is 58.1 Å². The van der Waals surface area contributed by atoms with Crippen LogP contribution in [0.3, 0.4) is 0 Å². The zero-order chi connectivity index (χ0) is 27.5. The van der Waals surface area contributed by atoms with Gasteiger partial charge < -0.3 is 4.74 Å². The molecule has 17 heteroatoms. The maximum Gasteiger partial charge on any atom is 0.309 e. The maximum atomic E-state index is 12.7. The fraction of sp³-hybridized carbons (Fsp3) is 0.286. The quantitative estimate of drug-likeness (QED) is 0.218. The fourth-order valence-corrected chi connectivity index (χ4v) is 8.65. The van der Waals surface area contributed by atoms with E-state index >= 15 is 0 Å². The normalized spacial score (nSPS) is 15.2. The summed E-state index contributed by atoms with van der Waals surface area (Å²) in [5, 5.41) is 14.8. The standard InChI is InChI=1S/C21H20N4O9S4/c26-17(13-34-20(27)14-7-9-24(10-8-14)38(32,33)18-2-1-11-35-18)23-21-22-12-19(36-21)37(30,31)16-5-3-15(4-6-16)25(28)29/h1-6,11-12,14H,7-10,13H2,(H,22,23,26). The third-order valence-corrected chi connectivity index (χ3v) is 12.0. The minimum absolute atomic E-state index is 0.0429. The molecule has 0 radical (unpaired) electrons. The molecule has 1 aliphatic heterocycles. The van der Waals surface area contributed by atoms with E-state index in [1.807, 2.05) is 0 Å². The van der Waals surface area contributed by atoms with E-state index in [4.69, 9.17) is 4.74 Å². The van der Waals surface area contributed by atoms with E-state index in [-0.39, 0.29) is 50.1 Å². The number of sulfonamides is 1. The molecule has 1 aliphatic rings. The minimum atomic E-state index is -4.02. The Balaban J connectivity index is 1.27. The number of benzene rings is 1. The lowest BCUT2D eigenvalue weighted by atomic mass is 9.98. The van der Waals surface area contributed by atoms with Crippen molar-refractivity contribution in [2.75, 3.05) is 25.0 Å². The zero-order valence-electron chi connectivity index (χ0n) is 19.4. The second-order valence-corrected chi connectivity index (χ2v) is 14.3. The molecule has 0 spiro atoms. The van der Waals surface area contributed by atoms with Gasteiger partial charge in [-0.1, -0.05) is 17.4 Å². The Morgan fingerprint density at radius 1 is 1.11 bits per heavy atom. The number of carbonyl (C=O) groups is 2. The number of rotatable bonds is 9. The number of thiophene rings is 1. The van der Waals surface area contributed by atoms with Crippen molar-refractivity contribution in [3.63, 3.8) is 0 Å². The Morgan fingerprint density at radius 3 is 2.39 bits per heavy atom. The molecule has 4 rings (SSSR count). The number of thiazole rings is 1. The van der Waals surface area contributed by atoms with Crippen LogP contribution in [0.5, 0.6) is 0 Å². The van der Waals surface area contributed by atoms with Gasteiger partial charge >= 0.3 is 5.97 Å². The van der Waals surface area contributed by atoms with Crippen LogP contribution in [-0.2, 0) is 34.2 Å². The molecule has 3 heterocycles. The molecule has 3 aromatic rings. The van der Waals surface area contributed by atoms with Crippen molar-refractivity contribution < 1.29 is 36.1 Å². The highest BCUT2D eigenvalue weighted by molar-refractivity contribution is 7.93. The first kappa shape index (κ1) is 27.8. The van der Waals surface area contributed by atoms with Crippen LogP contribution in [0.2, 0.25) is 0 Å². The molecule has 1 amide bonds. The van der Waals surface area contributed by atoms with Crippen LogP contribution in [0.4, 0.5) is 10.8 Å². The van der Waals surface area contributed by atoms with Crippen LogP contribution in [0.1, 0.15) is 12.8 Å². The molecule has 202 valence electrons. The number of nitro groups is 1. The van der Waals surface area contributed by atoms with Gasteiger partial charge in [0.15, 0.2) is 11.7 Å². The van der Waals surface area contributed by atoms with Crippen molar-refractivity contribution in [3.8, 4) is 0 Å². The molecule has 1 N–H and O–H groups in total. The number of hydrogen-bond acceptors (Lipinski definition) is 12. The summed E-state index contributed by atoms with van der Waals surface area (Å²) in [5.41, 5.74) is -0.260. The molecule has 38 heavy (non-hydrogen) atoms. The molecule has 1 aromatic carbocycles. The van der Waals surface area contributed by atoms with Gasteiger partial charge in [0.1, 0.15) is 8.42 Å². The van der Waals surface area contributed by atoms with Crippen LogP contribution >= 0.6 is 22.7 Å². The summed E-state index contributed by atoms with van der Waals surface area (Å²) in [5.74, 6) is -1.92. The molecule has 1 saturated heterocycles. The summed E-state index contributed by atoms with van der Waals surface area (Å²) in [4.78, 5) is 38.4. The van der Waals surface area contributed by atoms with E-state index in [2.05, 4.69) is 10.3 Å². The van der Waals surface area contributed by atoms with Crippen molar-refractivity contribution in [2.24, 2.45) is 5.92 Å². The number of carbonyl (C=O) groups excluding carboxylic acids is 2. The van der Waals surface area contributed by atoms with E-state index in [1.54, 1.807) is 11.4 Å². The molecule has 0 bridgehead atoms. The maximum absolute atomic E-state index is 12.7. The summed E-state index contributed by atoms with van der Waals surface area (Å²) in [6, 6.07) is 7.52. The van der Waals surface area contributed by atoms with E-state index in [9.17, 15) is 36.5 Å². The Hall–Kier alpha value is -3.25. The number of non-ortho nitro benzene ring substituents is 1. The molecular formula is C21H20N4O9S4. The Morgan fingerprint density at radius 2 is 1.79 bits per heavy atom. The van der Waals surface area contributed by atoms with E-state index in [0.717, 1.165) is 41.8 Å². The second-order valence-electron chi connectivity index (χ2n) is 8.01. The predicted octanol–water partition coefficient (Wildman–Crippen LogP) is 2.53. The second kappa shape index (κ2) is 11.2. The van der Waals surface area contributed by atoms with Gasteiger partial charge in [0.2, 0.25) is 9.84 Å². The molecule has 2 aromatic heterocycles. The number of nitrogens with zero attached hydrogens (tertiary/aromatic N) is 3. The average molecular weight is 601 g/mol. The number of esters is 1. The van der Waals surface area contributed by atoms with Gasteiger partial charge in [-0.05, 0) is 36.4 Å². The van der Waals surface area contributed by atoms with Crippen molar-refractivity contribution in [2.45, 2.75) is 26.2 Å². The number of nitrogens with one attached hydrogen (secondary N) is 1. The molecule has 0 aliphatic carbocycles. The lowest BCUT2D eigenvalue weighted by molar-refractivity contribution is -0.384. The molecule has 13 nitrogen and oxygen atoms in total. The fourth-order valence-electron chi connectivity index (χ4n) is 3.58. The number of amides is 1. The Kier molecular flexibility index (Phi) is 8.22. The summed E-state index contributed by atoms with van der Waals surface area (Å²) >= 11 is 1.79. The topological polar surface area (TPSA) is 183 Å². The number of anilines is 1. The van der Waals surface area contributed by atoms with E-state index in [1.165, 1.54) is 10.4 Å². The third kappa shape index (κ3) is 6.07. The largest absolute Gasteiger partial charge is 0.455 e. The van der Waals surface area contributed by atoms with Gasteiger partial charge in [-0.15, -0.1) is 11.3 Å². The van der Waals surface area contributed by atoms with Crippen LogP contribution in [-0.4, -0.2) is 62.6 Å². The van der Waals surface area contributed by atoms with Gasteiger partial charge in [-0.3, -0.25) is 25.0 Å². The van der Waals surface area contributed by atoms with Crippen LogP contribution < -0.4 is 5.32 Å². The first-order chi connectivity index (χ1) is 18.0. The van der Waals surface area contributed by atoms with Crippen LogP contribution in [0.25, 0.3) is 0 Å². The van der Waals surface area contributed by atoms with Crippen LogP contribution in [0, 0.1) is 16.0 Å². The Labute approximate surface area is 225 Å². The van der Waals surface area contributed by atoms with Gasteiger partial charge in [0, 0.05) is 25.2 Å². The van der Waals surface area contributed by atoms with Gasteiger partial charge in [-0.2, -0.15) is 4.31 Å². The monoisotopic (exact) mass is 600 g/mol. The van der Waals surface area contributed by atoms with Crippen LogP contribution in [0.15, 0.2) is 61.3 Å². The third-order valence-electron chi connectivity index (χ3n) is 5.58. The number of sulfone groups is 1. The highest BCUT2D eigenvalue weighted by Crippen LogP contribution is 2.30. The first-order valence-corrected chi connectivity index (χ1v) is 15.6. The summed E-state index contributed by atoms with van der Waals surface area (Å²) < 4.78 is 57.1. The van der Waals surface area contributed by atoms with Crippen molar-refractivity contribution >= 4 is 65.2 Å². The van der Waals surface area contributed by atoms with Gasteiger partial charge in [0.05, 0.1) is 21.9 Å². The average Bonchev–Trinajstić information content (AvgIpc) is 3.61. The van der Waals surface area contributed by atoms with Crippen molar-refractivity contribution in [1.82, 2.24) is 9.29 Å². The molecular weight excluding hydrogens is 581 g/mol. The number of aromatic nitrogens is 1. The highest BCUT2D eigenvalue weighted by Gasteiger charge is 2.33. The summed E-state index contributed by atoms with van der Waals surface area (Å²) in [6.07, 6.45) is 1.55. The van der Waals surface area contributed by atoms with E-state index in [0.29, 0.717) is 11.3 Å². The van der Waals surface area contributed by atoms with E-state index < -0.39 is 49.2 Å². The van der Waals surface area contributed by atoms with Gasteiger partial charge in [0.25, 0.3) is 21.6 Å². The molecule has 0 saturated carbocycles. The summed E-state index contributed by atoms with van der Waals surface area (Å²) in [6.45, 7) is -0.328. The predicted molar refractivity (Wildman–Crippen MR) is 136 cm³/mol. The SMILES string of the molecule is O=C(COC(=O)C1CCN(S(=O)(=O)c2cccs2)CC1)Nc1ncc(S(=O)(=O)c2ccc([N+](=O)[O-])cc2)s1. The lowest BCUT2D eigenvalue weighted by Crippen LogP contribution is -2.40. The first-order valence-electron chi connectivity index (χ1n) is 10.9. The molecule has 1 fully saturated rings. The number of nitro benzene ring substituents is 1. The number of ether oxygens (including phenoxy) is 1. The summed E-state index contributed by atoms with van der Waals surface area (Å²) in [7, 11) is -7.62. The Bertz CT molecular complexity index is 1540. The van der Waals surface area contributed by atoms with Gasteiger partial charge in [-0.25, -0.2) is 21.8 Å². The number of piperidine rings is 1. The molecule has 0 unspecified atom stereocenters. The number of hydrogen-bond donors (Lipinski definition) is 1. The van der Waals surface area contributed by atoms with Crippen molar-refractivity contribution in [1.29, 1.82) is 0 Å².